The lowest BCUT2D eigenvalue weighted by Gasteiger charge is -2.32. The quantitative estimate of drug-likeness (QED) is 0.842. The lowest BCUT2D eigenvalue weighted by Crippen LogP contribution is -2.35. The van der Waals surface area contributed by atoms with Crippen LogP contribution in [0, 0.1) is 12.8 Å². The number of aromatic nitrogens is 4. The van der Waals surface area contributed by atoms with Crippen LogP contribution in [0.1, 0.15) is 18.7 Å². The van der Waals surface area contributed by atoms with E-state index in [1.165, 1.54) is 12.8 Å². The maximum atomic E-state index is 4.32. The fourth-order valence-electron chi connectivity index (χ4n) is 2.69. The van der Waals surface area contributed by atoms with Crippen LogP contribution in [0.3, 0.4) is 0 Å². The van der Waals surface area contributed by atoms with E-state index in [-0.39, 0.29) is 0 Å². The predicted octanol–water partition coefficient (Wildman–Crippen LogP) is 1.90. The van der Waals surface area contributed by atoms with Gasteiger partial charge in [-0.15, -0.1) is 0 Å². The van der Waals surface area contributed by atoms with Crippen LogP contribution in [-0.2, 0) is 6.54 Å². The molecule has 0 unspecified atom stereocenters. The van der Waals surface area contributed by atoms with Crippen LogP contribution in [0.15, 0.2) is 31.0 Å². The number of nitrogens with zero attached hydrogens (tertiary/aromatic N) is 5. The predicted molar refractivity (Wildman–Crippen MR) is 73.9 cm³/mol. The molecule has 2 aromatic heterocycles. The van der Waals surface area contributed by atoms with E-state index < -0.39 is 0 Å². The molecular formula is C14H19N5. The topological polar surface area (TPSA) is 46.8 Å². The molecule has 1 aliphatic rings. The molecule has 2 aromatic rings. The van der Waals surface area contributed by atoms with E-state index in [2.05, 4.69) is 37.5 Å². The van der Waals surface area contributed by atoms with Gasteiger partial charge in [0.25, 0.3) is 0 Å². The van der Waals surface area contributed by atoms with Crippen LogP contribution in [0.5, 0.6) is 0 Å². The molecule has 5 nitrogen and oxygen atoms in total. The van der Waals surface area contributed by atoms with Crippen molar-refractivity contribution in [2.24, 2.45) is 5.92 Å². The van der Waals surface area contributed by atoms with Crippen molar-refractivity contribution >= 4 is 5.82 Å². The zero-order valence-electron chi connectivity index (χ0n) is 11.2. The molecule has 0 N–H and O–H groups in total. The first-order chi connectivity index (χ1) is 9.33. The van der Waals surface area contributed by atoms with Gasteiger partial charge in [0, 0.05) is 38.2 Å². The van der Waals surface area contributed by atoms with Crippen LogP contribution < -0.4 is 4.90 Å². The lowest BCUT2D eigenvalue weighted by molar-refractivity contribution is 0.353. The average Bonchev–Trinajstić information content (AvgIpc) is 2.86. The van der Waals surface area contributed by atoms with E-state index >= 15 is 0 Å². The highest BCUT2D eigenvalue weighted by Gasteiger charge is 2.20. The molecule has 100 valence electrons. The third-order valence-corrected chi connectivity index (χ3v) is 3.88. The van der Waals surface area contributed by atoms with E-state index in [1.807, 2.05) is 18.5 Å². The first-order valence-corrected chi connectivity index (χ1v) is 6.81. The Hall–Kier alpha value is -1.91. The van der Waals surface area contributed by atoms with Gasteiger partial charge in [-0.05, 0) is 31.7 Å². The summed E-state index contributed by atoms with van der Waals surface area (Å²) in [5.74, 6) is 2.90. The number of imidazole rings is 1. The number of hydrogen-bond acceptors (Lipinski definition) is 4. The molecule has 0 spiro atoms. The Morgan fingerprint density at radius 1 is 1.21 bits per heavy atom. The second-order valence-corrected chi connectivity index (χ2v) is 5.12. The van der Waals surface area contributed by atoms with Gasteiger partial charge in [-0.2, -0.15) is 0 Å². The van der Waals surface area contributed by atoms with Crippen LogP contribution in [0.4, 0.5) is 5.82 Å². The standard InChI is InChI=1S/C14H19N5/c1-12-16-6-9-19(12)10-13-3-7-18(8-4-13)14-2-5-15-11-17-14/h2,5-6,9,11,13H,3-4,7-8,10H2,1H3. The zero-order valence-corrected chi connectivity index (χ0v) is 11.2. The highest BCUT2D eigenvalue weighted by Crippen LogP contribution is 2.22. The van der Waals surface area contributed by atoms with E-state index in [4.69, 9.17) is 0 Å². The molecule has 1 saturated heterocycles. The number of rotatable bonds is 3. The molecule has 1 aliphatic heterocycles. The molecule has 19 heavy (non-hydrogen) atoms. The van der Waals surface area contributed by atoms with Crippen molar-refractivity contribution in [3.05, 3.63) is 36.8 Å². The molecule has 0 bridgehead atoms. The third kappa shape index (κ3) is 2.75. The summed E-state index contributed by atoms with van der Waals surface area (Å²) in [4.78, 5) is 14.9. The molecule has 0 amide bonds. The molecule has 3 heterocycles. The Morgan fingerprint density at radius 2 is 2.05 bits per heavy atom. The summed E-state index contributed by atoms with van der Waals surface area (Å²) in [5, 5.41) is 0. The minimum atomic E-state index is 0.742. The van der Waals surface area contributed by atoms with E-state index in [0.29, 0.717) is 0 Å². The second kappa shape index (κ2) is 5.38. The van der Waals surface area contributed by atoms with E-state index in [0.717, 1.165) is 37.2 Å². The minimum absolute atomic E-state index is 0.742. The van der Waals surface area contributed by atoms with E-state index in [9.17, 15) is 0 Å². The van der Waals surface area contributed by atoms with Crippen molar-refractivity contribution in [2.45, 2.75) is 26.3 Å². The summed E-state index contributed by atoms with van der Waals surface area (Å²) in [6, 6.07) is 1.99. The van der Waals surface area contributed by atoms with Gasteiger partial charge in [-0.25, -0.2) is 15.0 Å². The first kappa shape index (κ1) is 12.1. The molecule has 0 radical (unpaired) electrons. The highest BCUT2D eigenvalue weighted by atomic mass is 15.2. The molecular weight excluding hydrogens is 238 g/mol. The largest absolute Gasteiger partial charge is 0.357 e. The fraction of sp³-hybridized carbons (Fsp3) is 0.500. The summed E-state index contributed by atoms with van der Waals surface area (Å²) in [5.41, 5.74) is 0. The number of piperidine rings is 1. The van der Waals surface area contributed by atoms with Crippen LogP contribution >= 0.6 is 0 Å². The number of aryl methyl sites for hydroxylation is 1. The third-order valence-electron chi connectivity index (χ3n) is 3.88. The van der Waals surface area contributed by atoms with Crippen LogP contribution in [0.25, 0.3) is 0 Å². The van der Waals surface area contributed by atoms with Gasteiger partial charge < -0.3 is 9.47 Å². The maximum absolute atomic E-state index is 4.32. The molecule has 0 aliphatic carbocycles. The second-order valence-electron chi connectivity index (χ2n) is 5.12. The minimum Gasteiger partial charge on any atom is -0.357 e. The fourth-order valence-corrected chi connectivity index (χ4v) is 2.69. The Bertz CT molecular complexity index is 514. The summed E-state index contributed by atoms with van der Waals surface area (Å²) >= 11 is 0. The Labute approximate surface area is 113 Å². The zero-order chi connectivity index (χ0) is 13.1. The summed E-state index contributed by atoms with van der Waals surface area (Å²) in [7, 11) is 0. The normalized spacial score (nSPS) is 16.8. The smallest absolute Gasteiger partial charge is 0.131 e. The summed E-state index contributed by atoms with van der Waals surface area (Å²) < 4.78 is 2.25. The van der Waals surface area contributed by atoms with Crippen LogP contribution in [-0.4, -0.2) is 32.6 Å². The maximum Gasteiger partial charge on any atom is 0.131 e. The van der Waals surface area contributed by atoms with Gasteiger partial charge in [0.15, 0.2) is 0 Å². The molecule has 0 saturated carbocycles. The first-order valence-electron chi connectivity index (χ1n) is 6.81. The summed E-state index contributed by atoms with van der Waals surface area (Å²) in [6.07, 6.45) is 9.81. The van der Waals surface area contributed by atoms with Gasteiger partial charge in [0.2, 0.25) is 0 Å². The Kier molecular flexibility index (Phi) is 3.44. The van der Waals surface area contributed by atoms with Gasteiger partial charge in [-0.3, -0.25) is 0 Å². The Morgan fingerprint density at radius 3 is 2.68 bits per heavy atom. The molecule has 0 atom stereocenters. The van der Waals surface area contributed by atoms with Gasteiger partial charge in [0.05, 0.1) is 0 Å². The van der Waals surface area contributed by atoms with Gasteiger partial charge >= 0.3 is 0 Å². The molecule has 1 fully saturated rings. The van der Waals surface area contributed by atoms with Crippen molar-refractivity contribution in [1.29, 1.82) is 0 Å². The van der Waals surface area contributed by atoms with Gasteiger partial charge in [0.1, 0.15) is 18.0 Å². The average molecular weight is 257 g/mol. The van der Waals surface area contributed by atoms with Gasteiger partial charge in [-0.1, -0.05) is 0 Å². The lowest BCUT2D eigenvalue weighted by atomic mass is 9.96. The molecule has 0 aromatic carbocycles. The van der Waals surface area contributed by atoms with Crippen molar-refractivity contribution < 1.29 is 0 Å². The Balaban J connectivity index is 1.57. The monoisotopic (exact) mass is 257 g/mol. The molecule has 5 heteroatoms. The van der Waals surface area contributed by atoms with Crippen molar-refractivity contribution in [3.63, 3.8) is 0 Å². The summed E-state index contributed by atoms with van der Waals surface area (Å²) in [6.45, 7) is 5.31. The number of hydrogen-bond donors (Lipinski definition) is 0. The SMILES string of the molecule is Cc1nccn1CC1CCN(c2ccncn2)CC1. The number of anilines is 1. The van der Waals surface area contributed by atoms with Crippen molar-refractivity contribution in [2.75, 3.05) is 18.0 Å². The molecule has 3 rings (SSSR count). The highest BCUT2D eigenvalue weighted by molar-refractivity contribution is 5.36. The van der Waals surface area contributed by atoms with E-state index in [1.54, 1.807) is 6.33 Å². The van der Waals surface area contributed by atoms with Crippen molar-refractivity contribution in [3.8, 4) is 0 Å². The van der Waals surface area contributed by atoms with Crippen molar-refractivity contribution in [1.82, 2.24) is 19.5 Å². The van der Waals surface area contributed by atoms with Crippen LogP contribution in [0.2, 0.25) is 0 Å².